The maximum absolute atomic E-state index is 12.9. The third kappa shape index (κ3) is 25.8. The van der Waals surface area contributed by atoms with E-state index in [4.69, 9.17) is 9.47 Å². The SMILES string of the molecule is CC/C=C\C/C=C\C/C=C\CCCCCC(=O)NC(COC1OC(CO)C(O)C(O)C1O)C(O)/C=C/CCCCCCCCCCCCCCCCC. The number of hydrogen-bond donors (Lipinski definition) is 6. The quantitative estimate of drug-likeness (QED) is 0.0285. The highest BCUT2D eigenvalue weighted by atomic mass is 16.7. The Morgan fingerprint density at radius 1 is 0.660 bits per heavy atom. The minimum atomic E-state index is -1.57. The van der Waals surface area contributed by atoms with E-state index in [1.54, 1.807) is 6.08 Å². The van der Waals surface area contributed by atoms with E-state index in [2.05, 4.69) is 55.6 Å². The molecule has 0 spiro atoms. The molecule has 1 aliphatic heterocycles. The molecular formula is C44H79NO8. The smallest absolute Gasteiger partial charge is 0.220 e. The molecule has 0 aromatic rings. The van der Waals surface area contributed by atoms with Gasteiger partial charge >= 0.3 is 0 Å². The predicted molar refractivity (Wildman–Crippen MR) is 216 cm³/mol. The first-order valence-electron chi connectivity index (χ1n) is 21.4. The topological polar surface area (TPSA) is 149 Å². The van der Waals surface area contributed by atoms with Crippen LogP contribution in [0.5, 0.6) is 0 Å². The van der Waals surface area contributed by atoms with Crippen LogP contribution in [0.4, 0.5) is 0 Å². The van der Waals surface area contributed by atoms with Crippen molar-refractivity contribution in [2.24, 2.45) is 0 Å². The molecule has 0 bridgehead atoms. The minimum Gasteiger partial charge on any atom is -0.394 e. The number of unbranched alkanes of at least 4 members (excludes halogenated alkanes) is 18. The van der Waals surface area contributed by atoms with Crippen molar-refractivity contribution in [2.75, 3.05) is 13.2 Å². The molecule has 1 fully saturated rings. The van der Waals surface area contributed by atoms with Crippen molar-refractivity contribution in [1.29, 1.82) is 0 Å². The zero-order valence-corrected chi connectivity index (χ0v) is 33.5. The zero-order valence-electron chi connectivity index (χ0n) is 33.5. The Labute approximate surface area is 323 Å². The second kappa shape index (κ2) is 34.6. The second-order valence-corrected chi connectivity index (χ2v) is 14.8. The number of amides is 1. The van der Waals surface area contributed by atoms with E-state index in [1.165, 1.54) is 83.5 Å². The maximum Gasteiger partial charge on any atom is 0.220 e. The molecule has 0 aliphatic carbocycles. The minimum absolute atomic E-state index is 0.201. The van der Waals surface area contributed by atoms with Crippen LogP contribution in [0.15, 0.2) is 48.6 Å². The van der Waals surface area contributed by atoms with Gasteiger partial charge in [0.2, 0.25) is 5.91 Å². The first-order chi connectivity index (χ1) is 25.8. The van der Waals surface area contributed by atoms with Gasteiger partial charge in [-0.05, 0) is 51.4 Å². The summed E-state index contributed by atoms with van der Waals surface area (Å²) in [6.07, 6.45) is 35.8. The van der Waals surface area contributed by atoms with Gasteiger partial charge in [-0.15, -0.1) is 0 Å². The van der Waals surface area contributed by atoms with E-state index in [9.17, 15) is 30.3 Å². The monoisotopic (exact) mass is 750 g/mol. The number of hydrogen-bond acceptors (Lipinski definition) is 8. The summed E-state index contributed by atoms with van der Waals surface area (Å²) in [5, 5.41) is 54.0. The van der Waals surface area contributed by atoms with E-state index in [-0.39, 0.29) is 12.5 Å². The van der Waals surface area contributed by atoms with E-state index in [0.29, 0.717) is 6.42 Å². The summed E-state index contributed by atoms with van der Waals surface area (Å²) in [7, 11) is 0. The first kappa shape index (κ1) is 49.2. The fourth-order valence-corrected chi connectivity index (χ4v) is 6.46. The molecule has 9 nitrogen and oxygen atoms in total. The lowest BCUT2D eigenvalue weighted by Crippen LogP contribution is -2.60. The summed E-state index contributed by atoms with van der Waals surface area (Å²) < 4.78 is 11.2. The molecule has 6 N–H and O–H groups in total. The molecule has 1 rings (SSSR count). The standard InChI is InChI=1S/C44H79NO8/c1-3-5-7-9-11-13-15-17-18-19-20-22-23-25-27-29-31-33-38(47)37(36-52-44-43(51)42(50)41(49)39(35-46)53-44)45-40(48)34-32-30-28-26-24-21-16-14-12-10-8-6-4-2/h6,8,12,14,21,24,31,33,37-39,41-44,46-47,49-51H,3-5,7,9-11,13,15-20,22-23,25-30,32,34-36H2,1-2H3,(H,45,48)/b8-6-,14-12-,24-21-,33-31+. The number of nitrogens with one attached hydrogen (secondary N) is 1. The Morgan fingerprint density at radius 2 is 1.17 bits per heavy atom. The van der Waals surface area contributed by atoms with Gasteiger partial charge in [-0.2, -0.15) is 0 Å². The van der Waals surface area contributed by atoms with Gasteiger partial charge in [-0.25, -0.2) is 0 Å². The summed E-state index contributed by atoms with van der Waals surface area (Å²) in [5.74, 6) is -0.208. The van der Waals surface area contributed by atoms with Crippen LogP contribution in [0.3, 0.4) is 0 Å². The third-order valence-corrected chi connectivity index (χ3v) is 9.91. The summed E-state index contributed by atoms with van der Waals surface area (Å²) in [5.41, 5.74) is 0. The highest BCUT2D eigenvalue weighted by Crippen LogP contribution is 2.22. The highest BCUT2D eigenvalue weighted by Gasteiger charge is 2.44. The van der Waals surface area contributed by atoms with Crippen LogP contribution >= 0.6 is 0 Å². The fraction of sp³-hybridized carbons (Fsp3) is 0.795. The average molecular weight is 750 g/mol. The molecule has 0 aromatic carbocycles. The van der Waals surface area contributed by atoms with Crippen molar-refractivity contribution >= 4 is 5.91 Å². The van der Waals surface area contributed by atoms with Crippen molar-refractivity contribution in [3.63, 3.8) is 0 Å². The Morgan fingerprint density at radius 3 is 1.74 bits per heavy atom. The number of aliphatic hydroxyl groups is 5. The first-order valence-corrected chi connectivity index (χ1v) is 21.4. The molecule has 0 aromatic heterocycles. The van der Waals surface area contributed by atoms with Crippen LogP contribution in [0.1, 0.15) is 168 Å². The fourth-order valence-electron chi connectivity index (χ4n) is 6.46. The van der Waals surface area contributed by atoms with Crippen molar-refractivity contribution in [3.05, 3.63) is 48.6 Å². The molecular weight excluding hydrogens is 670 g/mol. The highest BCUT2D eigenvalue weighted by molar-refractivity contribution is 5.76. The summed E-state index contributed by atoms with van der Waals surface area (Å²) in [4.78, 5) is 12.9. The van der Waals surface area contributed by atoms with E-state index in [1.807, 2.05) is 6.08 Å². The second-order valence-electron chi connectivity index (χ2n) is 14.8. The molecule has 308 valence electrons. The average Bonchev–Trinajstić information content (AvgIpc) is 3.16. The predicted octanol–water partition coefficient (Wildman–Crippen LogP) is 8.28. The van der Waals surface area contributed by atoms with Gasteiger partial charge in [0.1, 0.15) is 24.4 Å². The Hall–Kier alpha value is -1.85. The number of carbonyl (C=O) groups is 1. The summed E-state index contributed by atoms with van der Waals surface area (Å²) in [6, 6.07) is -0.819. The zero-order chi connectivity index (χ0) is 38.8. The lowest BCUT2D eigenvalue weighted by Gasteiger charge is -2.40. The number of rotatable bonds is 34. The van der Waals surface area contributed by atoms with Crippen LogP contribution in [0.2, 0.25) is 0 Å². The summed E-state index contributed by atoms with van der Waals surface area (Å²) >= 11 is 0. The van der Waals surface area contributed by atoms with Gasteiger partial charge in [0.25, 0.3) is 0 Å². The molecule has 53 heavy (non-hydrogen) atoms. The largest absolute Gasteiger partial charge is 0.394 e. The normalized spacial score (nSPS) is 22.1. The van der Waals surface area contributed by atoms with Gasteiger partial charge < -0.3 is 40.3 Å². The maximum atomic E-state index is 12.9. The molecule has 9 heteroatoms. The van der Waals surface area contributed by atoms with Gasteiger partial charge in [-0.1, -0.05) is 159 Å². The molecule has 1 saturated heterocycles. The lowest BCUT2D eigenvalue weighted by atomic mass is 9.99. The van der Waals surface area contributed by atoms with Crippen LogP contribution in [-0.2, 0) is 14.3 Å². The number of allylic oxidation sites excluding steroid dienone is 7. The van der Waals surface area contributed by atoms with Crippen LogP contribution in [0, 0.1) is 0 Å². The van der Waals surface area contributed by atoms with Crippen LogP contribution < -0.4 is 5.32 Å². The number of carbonyl (C=O) groups excluding carboxylic acids is 1. The van der Waals surface area contributed by atoms with E-state index in [0.717, 1.165) is 64.2 Å². The Kier molecular flexibility index (Phi) is 32.1. The molecule has 1 aliphatic rings. The summed E-state index contributed by atoms with van der Waals surface area (Å²) in [6.45, 7) is 3.62. The molecule has 1 amide bonds. The van der Waals surface area contributed by atoms with Gasteiger partial charge in [0.15, 0.2) is 6.29 Å². The van der Waals surface area contributed by atoms with E-state index < -0.39 is 49.5 Å². The van der Waals surface area contributed by atoms with Crippen LogP contribution in [0.25, 0.3) is 0 Å². The van der Waals surface area contributed by atoms with Crippen LogP contribution in [-0.4, -0.2) is 87.5 Å². The number of ether oxygens (including phenoxy) is 2. The lowest BCUT2D eigenvalue weighted by molar-refractivity contribution is -0.302. The van der Waals surface area contributed by atoms with Crippen molar-refractivity contribution < 1.29 is 39.8 Å². The van der Waals surface area contributed by atoms with Crippen molar-refractivity contribution in [3.8, 4) is 0 Å². The van der Waals surface area contributed by atoms with Gasteiger partial charge in [0.05, 0.1) is 25.4 Å². The molecule has 0 radical (unpaired) electrons. The van der Waals surface area contributed by atoms with E-state index >= 15 is 0 Å². The van der Waals surface area contributed by atoms with Gasteiger partial charge in [0, 0.05) is 6.42 Å². The number of aliphatic hydroxyl groups excluding tert-OH is 5. The molecule has 7 atom stereocenters. The Balaban J connectivity index is 2.42. The van der Waals surface area contributed by atoms with Gasteiger partial charge in [-0.3, -0.25) is 4.79 Å². The molecule has 7 unspecified atom stereocenters. The third-order valence-electron chi connectivity index (χ3n) is 9.91. The molecule has 0 saturated carbocycles. The van der Waals surface area contributed by atoms with Crippen molar-refractivity contribution in [1.82, 2.24) is 5.32 Å². The Bertz CT molecular complexity index is 967. The molecule has 1 heterocycles. The van der Waals surface area contributed by atoms with Crippen molar-refractivity contribution in [2.45, 2.75) is 211 Å².